The van der Waals surface area contributed by atoms with Gasteiger partial charge in [-0.05, 0) is 33.8 Å². The van der Waals surface area contributed by atoms with Gasteiger partial charge in [-0.15, -0.1) is 10.2 Å². The molecule has 7 nitrogen and oxygen atoms in total. The van der Waals surface area contributed by atoms with Crippen LogP contribution >= 0.6 is 11.8 Å². The van der Waals surface area contributed by atoms with E-state index in [-0.39, 0.29) is 11.7 Å². The van der Waals surface area contributed by atoms with Gasteiger partial charge in [-0.2, -0.15) is 5.26 Å². The normalized spacial score (nSPS) is 11.5. The minimum atomic E-state index is -0.834. The highest BCUT2D eigenvalue weighted by Crippen LogP contribution is 2.20. The lowest BCUT2D eigenvalue weighted by atomic mass is 10.1. The molecule has 2 heterocycles. The van der Waals surface area contributed by atoms with Crippen molar-refractivity contribution in [1.82, 2.24) is 24.5 Å². The molecular weight excluding hydrogens is 300 g/mol. The summed E-state index contributed by atoms with van der Waals surface area (Å²) in [7, 11) is 1.63. The summed E-state index contributed by atoms with van der Waals surface area (Å²) in [6.45, 7) is 7.26. The molecule has 2 rings (SSSR count). The van der Waals surface area contributed by atoms with Gasteiger partial charge >= 0.3 is 0 Å². The van der Waals surface area contributed by atoms with Crippen molar-refractivity contribution in [2.24, 2.45) is 0 Å². The number of carbonyl (C=O) groups excluding carboxylic acids is 1. The van der Waals surface area contributed by atoms with Gasteiger partial charge in [0.15, 0.2) is 5.16 Å². The second-order valence-electron chi connectivity index (χ2n) is 5.57. The number of thioether (sulfide) groups is 1. The smallest absolute Gasteiger partial charge is 0.256 e. The van der Waals surface area contributed by atoms with E-state index in [0.29, 0.717) is 10.9 Å². The highest BCUT2D eigenvalue weighted by atomic mass is 32.2. The maximum Gasteiger partial charge on any atom is 0.256 e. The molecule has 0 aliphatic heterocycles. The van der Waals surface area contributed by atoms with Crippen LogP contribution in [0.15, 0.2) is 11.2 Å². The number of hydrogen-bond donors (Lipinski definition) is 0. The SMILES string of the molecule is Cc1cc(C)n2c(SCC(=O)N(C)C(C)(C)C#N)nnc2n1. The Kier molecular flexibility index (Phi) is 4.37. The molecule has 0 aliphatic carbocycles. The maximum absolute atomic E-state index is 12.2. The molecule has 2 aromatic rings. The van der Waals surface area contributed by atoms with Crippen molar-refractivity contribution in [2.75, 3.05) is 12.8 Å². The number of nitriles is 1. The molecule has 2 aromatic heterocycles. The number of hydrogen-bond acceptors (Lipinski definition) is 6. The van der Waals surface area contributed by atoms with E-state index in [1.807, 2.05) is 24.3 Å². The van der Waals surface area contributed by atoms with Gasteiger partial charge in [-0.3, -0.25) is 9.20 Å². The quantitative estimate of drug-likeness (QED) is 0.796. The van der Waals surface area contributed by atoms with Crippen molar-refractivity contribution < 1.29 is 4.79 Å². The predicted octanol–water partition coefficient (Wildman–Crippen LogP) is 1.59. The molecule has 0 bridgehead atoms. The van der Waals surface area contributed by atoms with Crippen molar-refractivity contribution in [3.8, 4) is 6.07 Å². The zero-order valence-corrected chi connectivity index (χ0v) is 14.1. The summed E-state index contributed by atoms with van der Waals surface area (Å²) in [6, 6.07) is 4.05. The minimum Gasteiger partial charge on any atom is -0.327 e. The van der Waals surface area contributed by atoms with Crippen molar-refractivity contribution >= 4 is 23.4 Å². The van der Waals surface area contributed by atoms with Crippen LogP contribution in [0.5, 0.6) is 0 Å². The van der Waals surface area contributed by atoms with E-state index in [0.717, 1.165) is 11.4 Å². The molecule has 0 unspecified atom stereocenters. The van der Waals surface area contributed by atoms with Crippen LogP contribution in [0.1, 0.15) is 25.2 Å². The lowest BCUT2D eigenvalue weighted by Crippen LogP contribution is -2.44. The molecule has 0 fully saturated rings. The molecule has 0 atom stereocenters. The summed E-state index contributed by atoms with van der Waals surface area (Å²) < 4.78 is 1.82. The van der Waals surface area contributed by atoms with Crippen molar-refractivity contribution in [3.05, 3.63) is 17.5 Å². The van der Waals surface area contributed by atoms with E-state index in [1.54, 1.807) is 20.9 Å². The van der Waals surface area contributed by atoms with Crippen LogP contribution in [0.3, 0.4) is 0 Å². The zero-order chi connectivity index (χ0) is 16.5. The van der Waals surface area contributed by atoms with E-state index in [2.05, 4.69) is 21.3 Å². The highest BCUT2D eigenvalue weighted by Gasteiger charge is 2.27. The third kappa shape index (κ3) is 3.04. The standard InChI is InChI=1S/C14H18N6OS/c1-9-6-10(2)20-12(16-9)17-18-13(20)22-7-11(21)19(5)14(3,4)8-15/h6H,7H2,1-5H3. The molecule has 116 valence electrons. The number of carbonyl (C=O) groups is 1. The van der Waals surface area contributed by atoms with Crippen molar-refractivity contribution in [3.63, 3.8) is 0 Å². The van der Waals surface area contributed by atoms with Gasteiger partial charge in [-0.1, -0.05) is 11.8 Å². The van der Waals surface area contributed by atoms with Gasteiger partial charge in [-0.25, -0.2) is 4.98 Å². The Morgan fingerprint density at radius 1 is 1.45 bits per heavy atom. The van der Waals surface area contributed by atoms with Gasteiger partial charge in [0, 0.05) is 18.4 Å². The topological polar surface area (TPSA) is 87.2 Å². The molecule has 0 aliphatic rings. The summed E-state index contributed by atoms with van der Waals surface area (Å²) in [4.78, 5) is 18.0. The average molecular weight is 318 g/mol. The molecule has 0 aromatic carbocycles. The van der Waals surface area contributed by atoms with E-state index < -0.39 is 5.54 Å². The third-order valence-electron chi connectivity index (χ3n) is 3.47. The van der Waals surface area contributed by atoms with Crippen LogP contribution in [0.25, 0.3) is 5.78 Å². The van der Waals surface area contributed by atoms with Crippen LogP contribution in [0, 0.1) is 25.2 Å². The molecule has 0 saturated heterocycles. The minimum absolute atomic E-state index is 0.133. The lowest BCUT2D eigenvalue weighted by molar-refractivity contribution is -0.130. The fourth-order valence-electron chi connectivity index (χ4n) is 1.90. The van der Waals surface area contributed by atoms with Crippen molar-refractivity contribution in [1.29, 1.82) is 5.26 Å². The number of nitrogens with zero attached hydrogens (tertiary/aromatic N) is 6. The number of amides is 1. The fraction of sp³-hybridized carbons (Fsp3) is 0.500. The molecule has 0 radical (unpaired) electrons. The lowest BCUT2D eigenvalue weighted by Gasteiger charge is -2.28. The summed E-state index contributed by atoms with van der Waals surface area (Å²) in [6.07, 6.45) is 0. The second kappa shape index (κ2) is 5.93. The monoisotopic (exact) mass is 318 g/mol. The Bertz CT molecular complexity index is 761. The van der Waals surface area contributed by atoms with E-state index in [4.69, 9.17) is 5.26 Å². The molecule has 22 heavy (non-hydrogen) atoms. The van der Waals surface area contributed by atoms with Crippen LogP contribution in [-0.4, -0.2) is 48.7 Å². The summed E-state index contributed by atoms with van der Waals surface area (Å²) in [5.41, 5.74) is 1.01. The summed E-state index contributed by atoms with van der Waals surface area (Å²) in [5, 5.41) is 17.8. The number of aryl methyl sites for hydroxylation is 2. The summed E-state index contributed by atoms with van der Waals surface area (Å²) >= 11 is 1.29. The first-order valence-corrected chi connectivity index (χ1v) is 7.75. The van der Waals surface area contributed by atoms with Gasteiger partial charge in [0.05, 0.1) is 11.8 Å². The molecule has 1 amide bonds. The van der Waals surface area contributed by atoms with Crippen LogP contribution in [-0.2, 0) is 4.79 Å². The first-order valence-electron chi connectivity index (χ1n) is 6.76. The van der Waals surface area contributed by atoms with Crippen LogP contribution in [0.2, 0.25) is 0 Å². The van der Waals surface area contributed by atoms with Gasteiger partial charge in [0.2, 0.25) is 5.91 Å². The van der Waals surface area contributed by atoms with Crippen LogP contribution < -0.4 is 0 Å². The zero-order valence-electron chi connectivity index (χ0n) is 13.3. The van der Waals surface area contributed by atoms with Crippen LogP contribution in [0.4, 0.5) is 0 Å². The first-order chi connectivity index (χ1) is 10.3. The Hall–Kier alpha value is -2.14. The van der Waals surface area contributed by atoms with Gasteiger partial charge < -0.3 is 4.90 Å². The molecule has 8 heteroatoms. The maximum atomic E-state index is 12.2. The fourth-order valence-corrected chi connectivity index (χ4v) is 2.80. The molecular formula is C14H18N6OS. The van der Waals surface area contributed by atoms with Crippen molar-refractivity contribution in [2.45, 2.75) is 38.4 Å². The molecule has 0 N–H and O–H groups in total. The average Bonchev–Trinajstić information content (AvgIpc) is 2.86. The Morgan fingerprint density at radius 2 is 2.14 bits per heavy atom. The third-order valence-corrected chi connectivity index (χ3v) is 4.39. The Labute approximate surface area is 133 Å². The van der Waals surface area contributed by atoms with E-state index in [1.165, 1.54) is 16.7 Å². The molecule has 0 saturated carbocycles. The Balaban J connectivity index is 2.16. The van der Waals surface area contributed by atoms with E-state index in [9.17, 15) is 4.79 Å². The highest BCUT2D eigenvalue weighted by molar-refractivity contribution is 7.99. The Morgan fingerprint density at radius 3 is 2.77 bits per heavy atom. The number of aromatic nitrogens is 4. The largest absolute Gasteiger partial charge is 0.327 e. The summed E-state index contributed by atoms with van der Waals surface area (Å²) in [5.74, 6) is 0.583. The van der Waals surface area contributed by atoms with Gasteiger partial charge in [0.25, 0.3) is 5.78 Å². The first kappa shape index (κ1) is 16.2. The number of fused-ring (bicyclic) bond motifs is 1. The van der Waals surface area contributed by atoms with Gasteiger partial charge in [0.1, 0.15) is 5.54 Å². The molecule has 0 spiro atoms. The predicted molar refractivity (Wildman–Crippen MR) is 83.4 cm³/mol. The van der Waals surface area contributed by atoms with E-state index >= 15 is 0 Å². The number of rotatable bonds is 4. The second-order valence-corrected chi connectivity index (χ2v) is 6.51.